The van der Waals surface area contributed by atoms with Gasteiger partial charge < -0.3 is 19.6 Å². The van der Waals surface area contributed by atoms with Crippen LogP contribution < -0.4 is 0 Å². The van der Waals surface area contributed by atoms with E-state index in [1.54, 1.807) is 16.7 Å². The number of rotatable bonds is 7. The van der Waals surface area contributed by atoms with E-state index in [9.17, 15) is 19.5 Å². The summed E-state index contributed by atoms with van der Waals surface area (Å²) in [5, 5.41) is 10.4. The van der Waals surface area contributed by atoms with Gasteiger partial charge in [0.15, 0.2) is 0 Å². The molecule has 1 N–H and O–H groups in total. The molecule has 0 aromatic rings. The number of hydrogen-bond acceptors (Lipinski definition) is 6. The maximum absolute atomic E-state index is 14.3. The summed E-state index contributed by atoms with van der Waals surface area (Å²) in [6.07, 6.45) is 10.4. The third-order valence-corrected chi connectivity index (χ3v) is 10.2. The first kappa shape index (κ1) is 25.3. The Balaban J connectivity index is 1.89. The van der Waals surface area contributed by atoms with Gasteiger partial charge in [-0.1, -0.05) is 51.8 Å². The van der Waals surface area contributed by atoms with Crippen LogP contribution in [0.4, 0.5) is 0 Å². The van der Waals surface area contributed by atoms with Crippen LogP contribution in [0.25, 0.3) is 0 Å². The zero-order valence-corrected chi connectivity index (χ0v) is 21.7. The number of aliphatic hydroxyl groups is 1. The number of cyclic esters (lactones) is 1. The Morgan fingerprint density at radius 2 is 1.88 bits per heavy atom. The summed E-state index contributed by atoms with van der Waals surface area (Å²) >= 11 is 1.55. The number of aliphatic hydroxyl groups excluding tert-OH is 1. The van der Waals surface area contributed by atoms with Crippen LogP contribution in [0.2, 0.25) is 0 Å². The van der Waals surface area contributed by atoms with Crippen molar-refractivity contribution < 1.29 is 24.2 Å². The van der Waals surface area contributed by atoms with Gasteiger partial charge >= 0.3 is 5.97 Å². The highest BCUT2D eigenvalue weighted by molar-refractivity contribution is 8.02. The predicted molar refractivity (Wildman–Crippen MR) is 132 cm³/mol. The molecule has 4 aliphatic heterocycles. The average molecular weight is 491 g/mol. The lowest BCUT2D eigenvalue weighted by molar-refractivity contribution is -0.153. The fraction of sp³-hybridized carbons (Fsp3) is 0.731. The van der Waals surface area contributed by atoms with Crippen molar-refractivity contribution in [2.45, 2.75) is 81.5 Å². The van der Waals surface area contributed by atoms with Crippen LogP contribution in [-0.2, 0) is 19.1 Å². The van der Waals surface area contributed by atoms with Gasteiger partial charge in [-0.3, -0.25) is 14.4 Å². The maximum Gasteiger partial charge on any atom is 0.311 e. The van der Waals surface area contributed by atoms with Crippen LogP contribution in [-0.4, -0.2) is 80.1 Å². The first-order valence-corrected chi connectivity index (χ1v) is 13.4. The van der Waals surface area contributed by atoms with E-state index in [4.69, 9.17) is 4.74 Å². The normalized spacial score (nSPS) is 37.5. The molecule has 0 bridgehead atoms. The Labute approximate surface area is 206 Å². The minimum absolute atomic E-state index is 0.00346. The molecule has 0 radical (unpaired) electrons. The minimum Gasteiger partial charge on any atom is -0.461 e. The summed E-state index contributed by atoms with van der Waals surface area (Å²) in [6, 6.07) is -1.24. The molecule has 0 saturated carbocycles. The molecule has 1 spiro atoms. The lowest BCUT2D eigenvalue weighted by atomic mass is 9.75. The Hall–Kier alpha value is -1.80. The van der Waals surface area contributed by atoms with Crippen molar-refractivity contribution in [2.75, 3.05) is 19.8 Å². The van der Waals surface area contributed by atoms with Crippen LogP contribution in [0, 0.1) is 17.8 Å². The number of esters is 1. The number of amides is 2. The molecular formula is C26H38N2O5S. The van der Waals surface area contributed by atoms with E-state index in [2.05, 4.69) is 13.8 Å². The molecule has 4 aliphatic rings. The molecule has 34 heavy (non-hydrogen) atoms. The molecule has 4 heterocycles. The molecule has 0 aliphatic carbocycles. The topological polar surface area (TPSA) is 87.2 Å². The van der Waals surface area contributed by atoms with Crippen LogP contribution in [0.1, 0.15) is 53.9 Å². The van der Waals surface area contributed by atoms with Crippen molar-refractivity contribution in [3.63, 3.8) is 0 Å². The molecule has 8 atom stereocenters. The van der Waals surface area contributed by atoms with Crippen molar-refractivity contribution in [2.24, 2.45) is 17.8 Å². The predicted octanol–water partition coefficient (Wildman–Crippen LogP) is 2.78. The van der Waals surface area contributed by atoms with Crippen LogP contribution in [0.15, 0.2) is 24.3 Å². The highest BCUT2D eigenvalue weighted by Crippen LogP contribution is 2.65. The molecule has 2 amide bonds. The van der Waals surface area contributed by atoms with Crippen LogP contribution in [0.5, 0.6) is 0 Å². The van der Waals surface area contributed by atoms with E-state index < -0.39 is 33.4 Å². The molecule has 7 nitrogen and oxygen atoms in total. The van der Waals surface area contributed by atoms with Gasteiger partial charge in [-0.15, -0.1) is 11.8 Å². The summed E-state index contributed by atoms with van der Waals surface area (Å²) in [7, 11) is 0. The Bertz CT molecular complexity index is 906. The second kappa shape index (κ2) is 9.34. The third-order valence-electron chi connectivity index (χ3n) is 8.37. The number of ether oxygens (including phenoxy) is 1. The second-order valence-electron chi connectivity index (χ2n) is 10.4. The standard InChI is InChI=1S/C26H38N2O5S/c1-6-10-17(4)27-13-8-12-26-19(20-24(32)33-14-9-11-25(20,5)34-26)22(30)28(21(26)23(27)31)18(15-29)16(3)7-2/h8-9,11-12,16-21,29H,6-7,10,13-15H2,1-5H3/t16-,17?,18-,19-,20+,21?,25-,26-/m0/s1. The lowest BCUT2D eigenvalue weighted by Gasteiger charge is -2.42. The van der Waals surface area contributed by atoms with Gasteiger partial charge in [-0.2, -0.15) is 0 Å². The fourth-order valence-electron chi connectivity index (χ4n) is 6.45. The second-order valence-corrected chi connectivity index (χ2v) is 12.2. The number of carbonyl (C=O) groups is 3. The number of nitrogens with zero attached hydrogens (tertiary/aromatic N) is 2. The minimum atomic E-state index is -0.893. The van der Waals surface area contributed by atoms with Gasteiger partial charge in [0.05, 0.1) is 29.2 Å². The van der Waals surface area contributed by atoms with Gasteiger partial charge in [0.2, 0.25) is 11.8 Å². The van der Waals surface area contributed by atoms with Crippen molar-refractivity contribution in [1.29, 1.82) is 0 Å². The molecule has 8 heteroatoms. The van der Waals surface area contributed by atoms with Crippen molar-refractivity contribution >= 4 is 29.5 Å². The molecule has 2 unspecified atom stereocenters. The number of carbonyl (C=O) groups excluding carboxylic acids is 3. The van der Waals surface area contributed by atoms with Crippen molar-refractivity contribution in [3.8, 4) is 0 Å². The largest absolute Gasteiger partial charge is 0.461 e. The van der Waals surface area contributed by atoms with E-state index in [-0.39, 0.29) is 43.0 Å². The molecule has 0 aromatic carbocycles. The summed E-state index contributed by atoms with van der Waals surface area (Å²) < 4.78 is 3.93. The van der Waals surface area contributed by atoms with Gasteiger partial charge in [-0.25, -0.2) is 0 Å². The summed E-state index contributed by atoms with van der Waals surface area (Å²) in [4.78, 5) is 45.3. The Morgan fingerprint density at radius 3 is 2.53 bits per heavy atom. The van der Waals surface area contributed by atoms with E-state index >= 15 is 0 Å². The number of thioether (sulfide) groups is 1. The lowest BCUT2D eigenvalue weighted by Crippen LogP contribution is -2.59. The van der Waals surface area contributed by atoms with Gasteiger partial charge in [0.25, 0.3) is 0 Å². The van der Waals surface area contributed by atoms with Crippen molar-refractivity contribution in [3.05, 3.63) is 24.3 Å². The summed E-state index contributed by atoms with van der Waals surface area (Å²) in [5.41, 5.74) is 0. The van der Waals surface area contributed by atoms with Crippen LogP contribution >= 0.6 is 11.8 Å². The smallest absolute Gasteiger partial charge is 0.311 e. The average Bonchev–Trinajstić information content (AvgIpc) is 3.05. The van der Waals surface area contributed by atoms with E-state index in [1.807, 2.05) is 50.0 Å². The Kier molecular flexibility index (Phi) is 6.95. The highest BCUT2D eigenvalue weighted by atomic mass is 32.2. The quantitative estimate of drug-likeness (QED) is 0.436. The molecule has 188 valence electrons. The first-order valence-electron chi connectivity index (χ1n) is 12.6. The number of hydrogen-bond donors (Lipinski definition) is 1. The number of fused-ring (bicyclic) bond motifs is 2. The highest BCUT2D eigenvalue weighted by Gasteiger charge is 2.74. The summed E-state index contributed by atoms with van der Waals surface area (Å²) in [6.45, 7) is 10.6. The van der Waals surface area contributed by atoms with Gasteiger partial charge in [0.1, 0.15) is 12.6 Å². The van der Waals surface area contributed by atoms with Gasteiger partial charge in [-0.05, 0) is 32.3 Å². The molecular weight excluding hydrogens is 452 g/mol. The molecule has 4 rings (SSSR count). The maximum atomic E-state index is 14.3. The van der Waals surface area contributed by atoms with E-state index in [1.165, 1.54) is 0 Å². The zero-order valence-electron chi connectivity index (χ0n) is 20.9. The van der Waals surface area contributed by atoms with E-state index in [0.29, 0.717) is 6.54 Å². The zero-order chi connectivity index (χ0) is 24.8. The molecule has 2 fully saturated rings. The third kappa shape index (κ3) is 3.63. The fourth-order valence-corrected chi connectivity index (χ4v) is 8.59. The monoisotopic (exact) mass is 490 g/mol. The summed E-state index contributed by atoms with van der Waals surface area (Å²) in [5.74, 6) is -2.11. The number of likely N-dealkylation sites (tertiary alicyclic amines) is 1. The SMILES string of the molecule is CCCC(C)N1CC=C[C@]23S[C@@]4(C)C=CCOC(=O)[C@H]4[C@H]2C(=O)N([C@@H](CO)[C@@H](C)CC)C3C1=O. The van der Waals surface area contributed by atoms with Gasteiger partial charge in [0, 0.05) is 17.3 Å². The Morgan fingerprint density at radius 1 is 1.15 bits per heavy atom. The van der Waals surface area contributed by atoms with Crippen molar-refractivity contribution in [1.82, 2.24) is 9.80 Å². The molecule has 0 aromatic heterocycles. The first-order chi connectivity index (χ1) is 16.2. The van der Waals surface area contributed by atoms with Crippen LogP contribution in [0.3, 0.4) is 0 Å². The molecule has 2 saturated heterocycles. The van der Waals surface area contributed by atoms with E-state index in [0.717, 1.165) is 19.3 Å².